The zero-order chi connectivity index (χ0) is 12.6. The molecule has 1 aliphatic rings. The fraction of sp³-hybridized carbons (Fsp3) is 0.538. The minimum absolute atomic E-state index is 0.303. The van der Waals surface area contributed by atoms with Gasteiger partial charge in [0.05, 0.1) is 5.75 Å². The van der Waals surface area contributed by atoms with Crippen LogP contribution in [-0.2, 0) is 16.6 Å². The van der Waals surface area contributed by atoms with Gasteiger partial charge in [-0.1, -0.05) is 17.7 Å². The van der Waals surface area contributed by atoms with Gasteiger partial charge in [-0.05, 0) is 43.9 Å². The average Bonchev–Trinajstić information content (AvgIpc) is 2.51. The van der Waals surface area contributed by atoms with Gasteiger partial charge in [0.2, 0.25) is 10.0 Å². The van der Waals surface area contributed by atoms with Crippen molar-refractivity contribution in [3.63, 3.8) is 0 Å². The maximum Gasteiger partial charge on any atom is 0.214 e. The highest BCUT2D eigenvalue weighted by Gasteiger charge is 2.28. The van der Waals surface area contributed by atoms with Gasteiger partial charge in [-0.15, -0.1) is 0 Å². The molecule has 0 unspecified atom stereocenters. The highest BCUT2D eigenvalue weighted by molar-refractivity contribution is 7.89. The molecule has 0 amide bonds. The van der Waals surface area contributed by atoms with E-state index in [1.54, 1.807) is 4.31 Å². The normalized spacial score (nSPS) is 19.7. The van der Waals surface area contributed by atoms with Crippen molar-refractivity contribution in [1.82, 2.24) is 4.31 Å². The SMILES string of the molecule is Cc1cc(C)c(CN2CCCS2(=O)=O)c(C)c1. The molecule has 0 saturated carbocycles. The molecule has 0 bridgehead atoms. The molecule has 2 rings (SSSR count). The lowest BCUT2D eigenvalue weighted by Gasteiger charge is -2.18. The summed E-state index contributed by atoms with van der Waals surface area (Å²) in [5, 5.41) is 0. The van der Waals surface area contributed by atoms with E-state index in [0.29, 0.717) is 18.8 Å². The summed E-state index contributed by atoms with van der Waals surface area (Å²) in [6.07, 6.45) is 0.756. The first-order valence-electron chi connectivity index (χ1n) is 5.95. The Morgan fingerprint density at radius 2 is 1.76 bits per heavy atom. The van der Waals surface area contributed by atoms with E-state index >= 15 is 0 Å². The lowest BCUT2D eigenvalue weighted by molar-refractivity contribution is 0.438. The van der Waals surface area contributed by atoms with Gasteiger partial charge < -0.3 is 0 Å². The molecule has 0 aromatic heterocycles. The molecule has 0 N–H and O–H groups in total. The minimum atomic E-state index is -3.00. The van der Waals surface area contributed by atoms with E-state index in [2.05, 4.69) is 32.9 Å². The first-order chi connectivity index (χ1) is 7.90. The molecular formula is C13H19NO2S. The van der Waals surface area contributed by atoms with Crippen molar-refractivity contribution in [2.45, 2.75) is 33.7 Å². The Morgan fingerprint density at radius 3 is 2.24 bits per heavy atom. The highest BCUT2D eigenvalue weighted by Crippen LogP contribution is 2.22. The standard InChI is InChI=1S/C13H19NO2S/c1-10-7-11(2)13(12(3)8-10)9-14-5-4-6-17(14,15)16/h7-8H,4-6,9H2,1-3H3. The molecule has 0 spiro atoms. The number of benzene rings is 1. The molecule has 1 fully saturated rings. The van der Waals surface area contributed by atoms with Crippen LogP contribution in [0.4, 0.5) is 0 Å². The second-order valence-electron chi connectivity index (χ2n) is 4.88. The van der Waals surface area contributed by atoms with E-state index in [9.17, 15) is 8.42 Å². The largest absolute Gasteiger partial charge is 0.214 e. The van der Waals surface area contributed by atoms with E-state index in [1.807, 2.05) is 0 Å². The van der Waals surface area contributed by atoms with E-state index in [-0.39, 0.29) is 0 Å². The molecule has 0 atom stereocenters. The Hall–Kier alpha value is -0.870. The molecule has 17 heavy (non-hydrogen) atoms. The summed E-state index contributed by atoms with van der Waals surface area (Å²) in [6, 6.07) is 4.23. The zero-order valence-corrected chi connectivity index (χ0v) is 11.5. The predicted octanol–water partition coefficient (Wildman–Crippen LogP) is 2.15. The topological polar surface area (TPSA) is 37.4 Å². The molecule has 1 aromatic rings. The smallest absolute Gasteiger partial charge is 0.212 e. The van der Waals surface area contributed by atoms with Crippen molar-refractivity contribution in [2.75, 3.05) is 12.3 Å². The van der Waals surface area contributed by atoms with Crippen LogP contribution >= 0.6 is 0 Å². The molecule has 94 valence electrons. The Balaban J connectivity index is 2.31. The second kappa shape index (κ2) is 4.42. The van der Waals surface area contributed by atoms with Gasteiger partial charge in [0.25, 0.3) is 0 Å². The summed E-state index contributed by atoms with van der Waals surface area (Å²) >= 11 is 0. The van der Waals surface area contributed by atoms with Crippen LogP contribution in [0, 0.1) is 20.8 Å². The van der Waals surface area contributed by atoms with Gasteiger partial charge in [-0.3, -0.25) is 0 Å². The molecule has 1 aliphatic heterocycles. The summed E-state index contributed by atoms with van der Waals surface area (Å²) in [4.78, 5) is 0. The average molecular weight is 253 g/mol. The van der Waals surface area contributed by atoms with Gasteiger partial charge in [0, 0.05) is 13.1 Å². The summed E-state index contributed by atoms with van der Waals surface area (Å²) in [7, 11) is -3.00. The van der Waals surface area contributed by atoms with Crippen molar-refractivity contribution >= 4 is 10.0 Å². The molecule has 4 heteroatoms. The van der Waals surface area contributed by atoms with Crippen LogP contribution in [0.1, 0.15) is 28.7 Å². The Morgan fingerprint density at radius 1 is 1.18 bits per heavy atom. The molecular weight excluding hydrogens is 234 g/mol. The first-order valence-corrected chi connectivity index (χ1v) is 7.55. The van der Waals surface area contributed by atoms with E-state index in [1.165, 1.54) is 16.7 Å². The van der Waals surface area contributed by atoms with Gasteiger partial charge in [0.15, 0.2) is 0 Å². The minimum Gasteiger partial charge on any atom is -0.212 e. The van der Waals surface area contributed by atoms with E-state index < -0.39 is 10.0 Å². The summed E-state index contributed by atoms with van der Waals surface area (Å²) in [5.74, 6) is 0.303. The summed E-state index contributed by atoms with van der Waals surface area (Å²) in [5.41, 5.74) is 4.75. The lowest BCUT2D eigenvalue weighted by Crippen LogP contribution is -2.26. The quantitative estimate of drug-likeness (QED) is 0.810. The molecule has 1 aromatic carbocycles. The van der Waals surface area contributed by atoms with Gasteiger partial charge in [-0.25, -0.2) is 8.42 Å². The van der Waals surface area contributed by atoms with Gasteiger partial charge >= 0.3 is 0 Å². The van der Waals surface area contributed by atoms with Crippen molar-refractivity contribution in [3.8, 4) is 0 Å². The van der Waals surface area contributed by atoms with Crippen molar-refractivity contribution in [3.05, 3.63) is 34.4 Å². The zero-order valence-electron chi connectivity index (χ0n) is 10.7. The van der Waals surface area contributed by atoms with Crippen LogP contribution in [0.25, 0.3) is 0 Å². The van der Waals surface area contributed by atoms with Crippen molar-refractivity contribution in [1.29, 1.82) is 0 Å². The third kappa shape index (κ3) is 2.53. The van der Waals surface area contributed by atoms with Crippen LogP contribution in [0.15, 0.2) is 12.1 Å². The third-order valence-corrected chi connectivity index (χ3v) is 5.28. The number of aryl methyl sites for hydroxylation is 3. The van der Waals surface area contributed by atoms with Crippen LogP contribution in [0.2, 0.25) is 0 Å². The molecule has 0 aliphatic carbocycles. The molecule has 1 heterocycles. The van der Waals surface area contributed by atoms with Crippen molar-refractivity contribution < 1.29 is 8.42 Å². The first kappa shape index (κ1) is 12.6. The fourth-order valence-electron chi connectivity index (χ4n) is 2.50. The number of hydrogen-bond acceptors (Lipinski definition) is 2. The number of nitrogens with zero attached hydrogens (tertiary/aromatic N) is 1. The lowest BCUT2D eigenvalue weighted by atomic mass is 10.00. The highest BCUT2D eigenvalue weighted by atomic mass is 32.2. The molecule has 3 nitrogen and oxygen atoms in total. The third-order valence-electron chi connectivity index (χ3n) is 3.38. The van der Waals surface area contributed by atoms with Crippen LogP contribution in [-0.4, -0.2) is 25.0 Å². The van der Waals surface area contributed by atoms with E-state index in [4.69, 9.17) is 0 Å². The Bertz CT molecular complexity index is 511. The Labute approximate surface area is 104 Å². The fourth-order valence-corrected chi connectivity index (χ4v) is 3.99. The van der Waals surface area contributed by atoms with Crippen LogP contribution < -0.4 is 0 Å². The monoisotopic (exact) mass is 253 g/mol. The maximum absolute atomic E-state index is 11.8. The number of rotatable bonds is 2. The van der Waals surface area contributed by atoms with Crippen molar-refractivity contribution in [2.24, 2.45) is 0 Å². The van der Waals surface area contributed by atoms with Gasteiger partial charge in [-0.2, -0.15) is 4.31 Å². The molecule has 1 saturated heterocycles. The summed E-state index contributed by atoms with van der Waals surface area (Å²) in [6.45, 7) is 7.36. The second-order valence-corrected chi connectivity index (χ2v) is 6.97. The van der Waals surface area contributed by atoms with Crippen LogP contribution in [0.3, 0.4) is 0 Å². The van der Waals surface area contributed by atoms with Crippen LogP contribution in [0.5, 0.6) is 0 Å². The molecule has 0 radical (unpaired) electrons. The summed E-state index contributed by atoms with van der Waals surface area (Å²) < 4.78 is 25.2. The predicted molar refractivity (Wildman–Crippen MR) is 69.5 cm³/mol. The maximum atomic E-state index is 11.8. The van der Waals surface area contributed by atoms with Gasteiger partial charge in [0.1, 0.15) is 0 Å². The van der Waals surface area contributed by atoms with E-state index in [0.717, 1.165) is 12.0 Å². The number of sulfonamides is 1. The number of hydrogen-bond donors (Lipinski definition) is 0. The Kier molecular flexibility index (Phi) is 3.27.